The average molecular weight is 278 g/mol. The molecule has 0 saturated carbocycles. The van der Waals surface area contributed by atoms with Gasteiger partial charge < -0.3 is 4.98 Å². The molecule has 3 aromatic rings. The number of aldehydes is 1. The highest BCUT2D eigenvalue weighted by molar-refractivity contribution is 6.04. The second-order valence-electron chi connectivity index (χ2n) is 5.26. The maximum atomic E-state index is 11.6. The number of unbranched alkanes of at least 4 members (excludes halogenated alkanes) is 1. The molecule has 2 aromatic heterocycles. The summed E-state index contributed by atoms with van der Waals surface area (Å²) in [7, 11) is 0. The molecular formula is C18H18N2O. The summed E-state index contributed by atoms with van der Waals surface area (Å²) in [5.41, 5.74) is 4.78. The molecule has 0 aliphatic rings. The normalized spacial score (nSPS) is 10.9. The molecule has 0 aliphatic heterocycles. The molecular weight excluding hydrogens is 260 g/mol. The van der Waals surface area contributed by atoms with Gasteiger partial charge in [-0.15, -0.1) is 0 Å². The van der Waals surface area contributed by atoms with Crippen LogP contribution >= 0.6 is 0 Å². The van der Waals surface area contributed by atoms with Crippen LogP contribution < -0.4 is 0 Å². The van der Waals surface area contributed by atoms with Gasteiger partial charge in [0.15, 0.2) is 6.29 Å². The molecule has 0 fully saturated rings. The zero-order valence-electron chi connectivity index (χ0n) is 12.1. The number of carbonyl (C=O) groups excluding carboxylic acids is 1. The van der Waals surface area contributed by atoms with Gasteiger partial charge in [-0.3, -0.25) is 9.78 Å². The van der Waals surface area contributed by atoms with E-state index in [0.717, 1.165) is 40.4 Å². The van der Waals surface area contributed by atoms with E-state index in [0.29, 0.717) is 0 Å². The third-order valence-corrected chi connectivity index (χ3v) is 3.79. The van der Waals surface area contributed by atoms with Crippen molar-refractivity contribution in [1.82, 2.24) is 9.97 Å². The summed E-state index contributed by atoms with van der Waals surface area (Å²) in [6.45, 7) is 2.19. The molecule has 1 aromatic carbocycles. The van der Waals surface area contributed by atoms with Crippen LogP contribution in [0.5, 0.6) is 0 Å². The SMILES string of the molecule is CCCCc1ccc2[nH]c(-c3cccnc3)c(C=O)c2c1. The van der Waals surface area contributed by atoms with Gasteiger partial charge in [0, 0.05) is 34.4 Å². The van der Waals surface area contributed by atoms with Crippen molar-refractivity contribution in [2.24, 2.45) is 0 Å². The van der Waals surface area contributed by atoms with Crippen molar-refractivity contribution in [2.75, 3.05) is 0 Å². The molecule has 0 unspecified atom stereocenters. The van der Waals surface area contributed by atoms with E-state index in [9.17, 15) is 4.79 Å². The fourth-order valence-corrected chi connectivity index (χ4v) is 2.66. The monoisotopic (exact) mass is 278 g/mol. The molecule has 3 nitrogen and oxygen atoms in total. The number of aryl methyl sites for hydroxylation is 1. The van der Waals surface area contributed by atoms with Gasteiger partial charge in [0.25, 0.3) is 0 Å². The predicted octanol–water partition coefficient (Wildman–Crippen LogP) is 4.39. The second kappa shape index (κ2) is 5.92. The minimum absolute atomic E-state index is 0.719. The van der Waals surface area contributed by atoms with E-state index in [2.05, 4.69) is 35.1 Å². The lowest BCUT2D eigenvalue weighted by atomic mass is 10.0. The molecule has 0 aliphatic carbocycles. The molecule has 0 amide bonds. The zero-order valence-corrected chi connectivity index (χ0v) is 12.1. The first-order chi connectivity index (χ1) is 10.3. The molecule has 3 heteroatoms. The van der Waals surface area contributed by atoms with Gasteiger partial charge in [0.1, 0.15) is 0 Å². The summed E-state index contributed by atoms with van der Waals surface area (Å²) < 4.78 is 0. The Hall–Kier alpha value is -2.42. The van der Waals surface area contributed by atoms with Crippen molar-refractivity contribution in [3.63, 3.8) is 0 Å². The lowest BCUT2D eigenvalue weighted by Crippen LogP contribution is -1.86. The third kappa shape index (κ3) is 2.59. The minimum Gasteiger partial charge on any atom is -0.354 e. The standard InChI is InChI=1S/C18H18N2O/c1-2-3-5-13-7-8-17-15(10-13)16(12-21)18(20-17)14-6-4-9-19-11-14/h4,6-12,20H,2-3,5H2,1H3. The highest BCUT2D eigenvalue weighted by Crippen LogP contribution is 2.29. The summed E-state index contributed by atoms with van der Waals surface area (Å²) in [5.74, 6) is 0. The first-order valence-electron chi connectivity index (χ1n) is 7.33. The maximum absolute atomic E-state index is 11.6. The van der Waals surface area contributed by atoms with Crippen LogP contribution in [0.3, 0.4) is 0 Å². The van der Waals surface area contributed by atoms with E-state index < -0.39 is 0 Å². The number of aromatic nitrogens is 2. The van der Waals surface area contributed by atoms with E-state index in [-0.39, 0.29) is 0 Å². The second-order valence-corrected chi connectivity index (χ2v) is 5.26. The lowest BCUT2D eigenvalue weighted by Gasteiger charge is -2.00. The van der Waals surface area contributed by atoms with Crippen molar-refractivity contribution < 1.29 is 4.79 Å². The Balaban J connectivity index is 2.12. The maximum Gasteiger partial charge on any atom is 0.152 e. The minimum atomic E-state index is 0.719. The summed E-state index contributed by atoms with van der Waals surface area (Å²) in [5, 5.41) is 0.998. The van der Waals surface area contributed by atoms with Gasteiger partial charge >= 0.3 is 0 Å². The number of rotatable bonds is 5. The van der Waals surface area contributed by atoms with Gasteiger partial charge in [-0.05, 0) is 42.7 Å². The van der Waals surface area contributed by atoms with Crippen LogP contribution in [-0.2, 0) is 6.42 Å². The van der Waals surface area contributed by atoms with Crippen LogP contribution in [0.1, 0.15) is 35.7 Å². The molecule has 21 heavy (non-hydrogen) atoms. The van der Waals surface area contributed by atoms with Crippen molar-refractivity contribution in [1.29, 1.82) is 0 Å². The van der Waals surface area contributed by atoms with E-state index >= 15 is 0 Å². The largest absolute Gasteiger partial charge is 0.354 e. The molecule has 2 heterocycles. The van der Waals surface area contributed by atoms with Gasteiger partial charge in [-0.25, -0.2) is 0 Å². The predicted molar refractivity (Wildman–Crippen MR) is 85.5 cm³/mol. The van der Waals surface area contributed by atoms with Crippen molar-refractivity contribution in [3.8, 4) is 11.3 Å². The fourth-order valence-electron chi connectivity index (χ4n) is 2.66. The summed E-state index contributed by atoms with van der Waals surface area (Å²) >= 11 is 0. The van der Waals surface area contributed by atoms with Gasteiger partial charge in [0.05, 0.1) is 5.69 Å². The lowest BCUT2D eigenvalue weighted by molar-refractivity contribution is 0.112. The molecule has 106 valence electrons. The first-order valence-corrected chi connectivity index (χ1v) is 7.33. The Morgan fingerprint density at radius 2 is 2.19 bits per heavy atom. The Kier molecular flexibility index (Phi) is 3.82. The number of nitrogens with zero attached hydrogens (tertiary/aromatic N) is 1. The van der Waals surface area contributed by atoms with Gasteiger partial charge in [-0.2, -0.15) is 0 Å². The Labute approximate surface area is 124 Å². The van der Waals surface area contributed by atoms with Crippen LogP contribution in [-0.4, -0.2) is 16.3 Å². The topological polar surface area (TPSA) is 45.8 Å². The number of hydrogen-bond donors (Lipinski definition) is 1. The quantitative estimate of drug-likeness (QED) is 0.704. The number of carbonyl (C=O) groups is 1. The number of aromatic amines is 1. The number of fused-ring (bicyclic) bond motifs is 1. The Bertz CT molecular complexity index is 759. The molecule has 0 saturated heterocycles. The smallest absolute Gasteiger partial charge is 0.152 e. The van der Waals surface area contributed by atoms with Gasteiger partial charge in [-0.1, -0.05) is 19.4 Å². The van der Waals surface area contributed by atoms with E-state index in [1.54, 1.807) is 12.4 Å². The number of nitrogens with one attached hydrogen (secondary N) is 1. The highest BCUT2D eigenvalue weighted by Gasteiger charge is 2.13. The average Bonchev–Trinajstić information content (AvgIpc) is 2.91. The first kappa shape index (κ1) is 13.6. The number of hydrogen-bond acceptors (Lipinski definition) is 2. The van der Waals surface area contributed by atoms with E-state index in [1.807, 2.05) is 12.1 Å². The number of benzene rings is 1. The summed E-state index contributed by atoms with van der Waals surface area (Å²) in [6, 6.07) is 10.2. The van der Waals surface area contributed by atoms with Gasteiger partial charge in [0.2, 0.25) is 0 Å². The molecule has 3 rings (SSSR count). The Morgan fingerprint density at radius 1 is 1.29 bits per heavy atom. The Morgan fingerprint density at radius 3 is 2.90 bits per heavy atom. The van der Waals surface area contributed by atoms with Crippen LogP contribution in [0, 0.1) is 0 Å². The fraction of sp³-hybridized carbons (Fsp3) is 0.222. The summed E-state index contributed by atoms with van der Waals surface area (Å²) in [6.07, 6.45) is 7.84. The van der Waals surface area contributed by atoms with Crippen LogP contribution in [0.2, 0.25) is 0 Å². The number of pyridine rings is 1. The third-order valence-electron chi connectivity index (χ3n) is 3.79. The molecule has 0 atom stereocenters. The van der Waals surface area contributed by atoms with Crippen LogP contribution in [0.25, 0.3) is 22.2 Å². The molecule has 1 N–H and O–H groups in total. The zero-order chi connectivity index (χ0) is 14.7. The van der Waals surface area contributed by atoms with Crippen molar-refractivity contribution in [3.05, 3.63) is 53.9 Å². The van der Waals surface area contributed by atoms with Crippen molar-refractivity contribution in [2.45, 2.75) is 26.2 Å². The molecule has 0 bridgehead atoms. The van der Waals surface area contributed by atoms with E-state index in [1.165, 1.54) is 18.4 Å². The van der Waals surface area contributed by atoms with E-state index in [4.69, 9.17) is 0 Å². The van der Waals surface area contributed by atoms with Crippen LogP contribution in [0.4, 0.5) is 0 Å². The highest BCUT2D eigenvalue weighted by atomic mass is 16.1. The summed E-state index contributed by atoms with van der Waals surface area (Å²) in [4.78, 5) is 19.0. The molecule has 0 radical (unpaired) electrons. The van der Waals surface area contributed by atoms with Crippen LogP contribution in [0.15, 0.2) is 42.7 Å². The molecule has 0 spiro atoms. The van der Waals surface area contributed by atoms with Crippen molar-refractivity contribution >= 4 is 17.2 Å². The number of H-pyrrole nitrogens is 1.